The molecule has 0 saturated carbocycles. The molecule has 1 aromatic heterocycles. The summed E-state index contributed by atoms with van der Waals surface area (Å²) in [6.07, 6.45) is 1.90. The van der Waals surface area contributed by atoms with Crippen LogP contribution in [0.3, 0.4) is 0 Å². The summed E-state index contributed by atoms with van der Waals surface area (Å²) in [5.74, 6) is -0.390. The molecule has 1 heterocycles. The van der Waals surface area contributed by atoms with Crippen LogP contribution in [0.15, 0.2) is 30.3 Å². The van der Waals surface area contributed by atoms with Gasteiger partial charge in [0, 0.05) is 5.69 Å². The summed E-state index contributed by atoms with van der Waals surface area (Å²) < 4.78 is 5.22. The largest absolute Gasteiger partial charge is 0.456 e. The molecule has 0 amide bonds. The van der Waals surface area contributed by atoms with Gasteiger partial charge >= 0.3 is 5.97 Å². The average Bonchev–Trinajstić information content (AvgIpc) is 2.87. The number of aromatic amines is 1. The van der Waals surface area contributed by atoms with Gasteiger partial charge in [-0.2, -0.15) is 5.10 Å². The SMILES string of the molecule is CCCc1cc(C(=O)OCc2ccc(C)cc2)n[nH]1. The van der Waals surface area contributed by atoms with Crippen molar-refractivity contribution in [1.82, 2.24) is 10.2 Å². The first-order chi connectivity index (χ1) is 9.19. The summed E-state index contributed by atoms with van der Waals surface area (Å²) in [7, 11) is 0. The zero-order chi connectivity index (χ0) is 13.7. The van der Waals surface area contributed by atoms with Crippen molar-refractivity contribution >= 4 is 5.97 Å². The van der Waals surface area contributed by atoms with E-state index in [2.05, 4.69) is 17.1 Å². The number of hydrogen-bond donors (Lipinski definition) is 1. The molecule has 0 aliphatic heterocycles. The molecule has 0 radical (unpaired) electrons. The zero-order valence-corrected chi connectivity index (χ0v) is 11.3. The van der Waals surface area contributed by atoms with Crippen molar-refractivity contribution in [2.24, 2.45) is 0 Å². The molecule has 1 N–H and O–H groups in total. The monoisotopic (exact) mass is 258 g/mol. The Morgan fingerprint density at radius 2 is 2.05 bits per heavy atom. The summed E-state index contributed by atoms with van der Waals surface area (Å²) in [4.78, 5) is 11.8. The van der Waals surface area contributed by atoms with E-state index in [1.165, 1.54) is 5.56 Å². The molecule has 0 aliphatic rings. The first-order valence-electron chi connectivity index (χ1n) is 6.46. The van der Waals surface area contributed by atoms with Crippen LogP contribution < -0.4 is 0 Å². The Balaban J connectivity index is 1.91. The van der Waals surface area contributed by atoms with Gasteiger partial charge in [0.2, 0.25) is 0 Å². The second-order valence-electron chi connectivity index (χ2n) is 4.59. The zero-order valence-electron chi connectivity index (χ0n) is 11.3. The van der Waals surface area contributed by atoms with Crippen molar-refractivity contribution in [2.75, 3.05) is 0 Å². The molecule has 19 heavy (non-hydrogen) atoms. The Kier molecular flexibility index (Phi) is 4.34. The van der Waals surface area contributed by atoms with Gasteiger partial charge < -0.3 is 4.74 Å². The van der Waals surface area contributed by atoms with Gasteiger partial charge in [-0.15, -0.1) is 0 Å². The Morgan fingerprint density at radius 1 is 1.32 bits per heavy atom. The normalized spacial score (nSPS) is 10.4. The quantitative estimate of drug-likeness (QED) is 0.839. The minimum Gasteiger partial charge on any atom is -0.456 e. The Bertz CT molecular complexity index is 544. The highest BCUT2D eigenvalue weighted by atomic mass is 16.5. The summed E-state index contributed by atoms with van der Waals surface area (Å²) >= 11 is 0. The molecule has 2 rings (SSSR count). The summed E-state index contributed by atoms with van der Waals surface area (Å²) in [6.45, 7) is 4.38. The second-order valence-corrected chi connectivity index (χ2v) is 4.59. The van der Waals surface area contributed by atoms with Crippen molar-refractivity contribution < 1.29 is 9.53 Å². The molecule has 0 aliphatic carbocycles. The number of rotatable bonds is 5. The molecule has 0 atom stereocenters. The maximum Gasteiger partial charge on any atom is 0.359 e. The van der Waals surface area contributed by atoms with Gasteiger partial charge in [0.15, 0.2) is 5.69 Å². The van der Waals surface area contributed by atoms with E-state index in [0.717, 1.165) is 24.1 Å². The minimum atomic E-state index is -0.390. The van der Waals surface area contributed by atoms with E-state index >= 15 is 0 Å². The maximum absolute atomic E-state index is 11.8. The van der Waals surface area contributed by atoms with Gasteiger partial charge in [0.1, 0.15) is 6.61 Å². The van der Waals surface area contributed by atoms with Gasteiger partial charge in [-0.1, -0.05) is 43.2 Å². The molecule has 0 fully saturated rings. The van der Waals surface area contributed by atoms with E-state index in [4.69, 9.17) is 4.74 Å². The van der Waals surface area contributed by atoms with E-state index in [-0.39, 0.29) is 12.6 Å². The van der Waals surface area contributed by atoms with Crippen molar-refractivity contribution in [1.29, 1.82) is 0 Å². The molecule has 4 nitrogen and oxygen atoms in total. The number of aromatic nitrogens is 2. The summed E-state index contributed by atoms with van der Waals surface area (Å²) in [5.41, 5.74) is 3.47. The fraction of sp³-hybridized carbons (Fsp3) is 0.333. The molecule has 0 unspecified atom stereocenters. The molecule has 0 bridgehead atoms. The molecule has 2 aromatic rings. The van der Waals surface area contributed by atoms with Gasteiger partial charge in [-0.05, 0) is 25.0 Å². The number of carbonyl (C=O) groups excluding carboxylic acids is 1. The van der Waals surface area contributed by atoms with Crippen LogP contribution in [0.1, 0.15) is 40.7 Å². The lowest BCUT2D eigenvalue weighted by atomic mass is 10.2. The molecule has 100 valence electrons. The van der Waals surface area contributed by atoms with Gasteiger partial charge in [0.25, 0.3) is 0 Å². The van der Waals surface area contributed by atoms with Crippen LogP contribution in [0.25, 0.3) is 0 Å². The lowest BCUT2D eigenvalue weighted by molar-refractivity contribution is 0.0465. The Hall–Kier alpha value is -2.10. The molecule has 4 heteroatoms. The number of esters is 1. The van der Waals surface area contributed by atoms with Crippen LogP contribution in [0.4, 0.5) is 0 Å². The number of nitrogens with zero attached hydrogens (tertiary/aromatic N) is 1. The topological polar surface area (TPSA) is 55.0 Å². The predicted molar refractivity (Wildman–Crippen MR) is 72.9 cm³/mol. The minimum absolute atomic E-state index is 0.273. The van der Waals surface area contributed by atoms with Gasteiger partial charge in [-0.25, -0.2) is 4.79 Å². The first kappa shape index (κ1) is 13.3. The Labute approximate surface area is 112 Å². The highest BCUT2D eigenvalue weighted by Gasteiger charge is 2.11. The molecular formula is C15H18N2O2. The fourth-order valence-electron chi connectivity index (χ4n) is 1.77. The van der Waals surface area contributed by atoms with E-state index in [1.807, 2.05) is 31.2 Å². The van der Waals surface area contributed by atoms with E-state index < -0.39 is 0 Å². The van der Waals surface area contributed by atoms with Crippen molar-refractivity contribution in [3.63, 3.8) is 0 Å². The number of carbonyl (C=O) groups is 1. The van der Waals surface area contributed by atoms with Crippen LogP contribution in [0.2, 0.25) is 0 Å². The fourth-order valence-corrected chi connectivity index (χ4v) is 1.77. The number of benzene rings is 1. The van der Waals surface area contributed by atoms with Crippen molar-refractivity contribution in [2.45, 2.75) is 33.3 Å². The molecule has 1 aromatic carbocycles. The summed E-state index contributed by atoms with van der Waals surface area (Å²) in [6, 6.07) is 9.65. The standard InChI is InChI=1S/C15H18N2O2/c1-3-4-13-9-14(17-16-13)15(18)19-10-12-7-5-11(2)6-8-12/h5-9H,3-4,10H2,1-2H3,(H,16,17). The number of nitrogens with one attached hydrogen (secondary N) is 1. The van der Waals surface area contributed by atoms with E-state index in [0.29, 0.717) is 5.69 Å². The highest BCUT2D eigenvalue weighted by molar-refractivity contribution is 5.87. The number of ether oxygens (including phenoxy) is 1. The van der Waals surface area contributed by atoms with E-state index in [1.54, 1.807) is 6.07 Å². The second kappa shape index (κ2) is 6.18. The lowest BCUT2D eigenvalue weighted by Crippen LogP contribution is -2.05. The molecular weight excluding hydrogens is 240 g/mol. The van der Waals surface area contributed by atoms with Gasteiger partial charge in [-0.3, -0.25) is 5.10 Å². The van der Waals surface area contributed by atoms with E-state index in [9.17, 15) is 4.79 Å². The third-order valence-electron chi connectivity index (χ3n) is 2.85. The van der Waals surface area contributed by atoms with Crippen molar-refractivity contribution in [3.05, 3.63) is 52.8 Å². The number of aryl methyl sites for hydroxylation is 2. The van der Waals surface area contributed by atoms with Gasteiger partial charge in [0.05, 0.1) is 0 Å². The third-order valence-corrected chi connectivity index (χ3v) is 2.85. The predicted octanol–water partition coefficient (Wildman–Crippen LogP) is 3.03. The van der Waals surface area contributed by atoms with Crippen LogP contribution in [0, 0.1) is 6.92 Å². The van der Waals surface area contributed by atoms with Crippen LogP contribution in [-0.2, 0) is 17.8 Å². The van der Waals surface area contributed by atoms with Crippen LogP contribution >= 0.6 is 0 Å². The van der Waals surface area contributed by atoms with Crippen LogP contribution in [0.5, 0.6) is 0 Å². The molecule has 0 saturated heterocycles. The molecule has 0 spiro atoms. The first-order valence-corrected chi connectivity index (χ1v) is 6.46. The Morgan fingerprint density at radius 3 is 2.74 bits per heavy atom. The lowest BCUT2D eigenvalue weighted by Gasteiger charge is -2.03. The number of hydrogen-bond acceptors (Lipinski definition) is 3. The highest BCUT2D eigenvalue weighted by Crippen LogP contribution is 2.08. The van der Waals surface area contributed by atoms with Crippen molar-refractivity contribution in [3.8, 4) is 0 Å². The maximum atomic E-state index is 11.8. The number of H-pyrrole nitrogens is 1. The summed E-state index contributed by atoms with van der Waals surface area (Å²) in [5, 5.41) is 6.80. The van der Waals surface area contributed by atoms with Crippen LogP contribution in [-0.4, -0.2) is 16.2 Å². The third kappa shape index (κ3) is 3.68. The average molecular weight is 258 g/mol. The smallest absolute Gasteiger partial charge is 0.359 e.